The molecule has 1 aliphatic rings. The summed E-state index contributed by atoms with van der Waals surface area (Å²) in [6.07, 6.45) is 2.25. The molecule has 39 heavy (non-hydrogen) atoms. The molecule has 0 spiro atoms. The first-order valence-corrected chi connectivity index (χ1v) is 14.1. The summed E-state index contributed by atoms with van der Waals surface area (Å²) in [5, 5.41) is 5.64. The summed E-state index contributed by atoms with van der Waals surface area (Å²) >= 11 is 0. The predicted molar refractivity (Wildman–Crippen MR) is 150 cm³/mol. The Kier molecular flexibility index (Phi) is 11.8. The lowest BCUT2D eigenvalue weighted by atomic mass is 9.86. The maximum absolute atomic E-state index is 14.3. The molecule has 2 N–H and O–H groups in total. The summed E-state index contributed by atoms with van der Waals surface area (Å²) in [6, 6.07) is 3.88. The van der Waals surface area contributed by atoms with Crippen molar-refractivity contribution in [3.05, 3.63) is 34.9 Å². The molecule has 0 heterocycles. The second-order valence-electron chi connectivity index (χ2n) is 11.8. The first-order valence-electron chi connectivity index (χ1n) is 14.1. The first-order chi connectivity index (χ1) is 18.2. The van der Waals surface area contributed by atoms with Gasteiger partial charge in [-0.05, 0) is 84.3 Å². The van der Waals surface area contributed by atoms with Crippen LogP contribution in [0.3, 0.4) is 0 Å². The summed E-state index contributed by atoms with van der Waals surface area (Å²) in [5.41, 5.74) is 1.93. The van der Waals surface area contributed by atoms with Gasteiger partial charge in [-0.1, -0.05) is 37.6 Å². The van der Waals surface area contributed by atoms with Gasteiger partial charge in [0.1, 0.15) is 17.7 Å². The zero-order valence-corrected chi connectivity index (χ0v) is 24.9. The van der Waals surface area contributed by atoms with Crippen molar-refractivity contribution in [2.75, 3.05) is 13.2 Å². The number of ether oxygens (including phenoxy) is 2. The number of hydrogen-bond donors (Lipinski definition) is 2. The molecule has 0 saturated heterocycles. The fraction of sp³-hybridized carbons (Fsp3) is 0.667. The van der Waals surface area contributed by atoms with Crippen LogP contribution in [0.25, 0.3) is 0 Å². The number of benzene rings is 1. The van der Waals surface area contributed by atoms with E-state index in [1.54, 1.807) is 32.6 Å². The number of rotatable bonds is 12. The summed E-state index contributed by atoms with van der Waals surface area (Å²) in [6.45, 7) is 15.3. The van der Waals surface area contributed by atoms with Gasteiger partial charge in [0.25, 0.3) is 0 Å². The van der Waals surface area contributed by atoms with Gasteiger partial charge in [-0.3, -0.25) is 14.4 Å². The normalized spacial score (nSPS) is 15.1. The molecule has 1 aliphatic carbocycles. The molecule has 0 aliphatic heterocycles. The third kappa shape index (κ3) is 9.86. The summed E-state index contributed by atoms with van der Waals surface area (Å²) in [4.78, 5) is 54.3. The van der Waals surface area contributed by atoms with Crippen molar-refractivity contribution in [2.24, 2.45) is 5.92 Å². The van der Waals surface area contributed by atoms with Gasteiger partial charge in [0.15, 0.2) is 0 Å². The van der Waals surface area contributed by atoms with E-state index in [1.165, 1.54) is 0 Å². The molecule has 0 radical (unpaired) electrons. The third-order valence-corrected chi connectivity index (χ3v) is 6.60. The molecule has 9 nitrogen and oxygen atoms in total. The Labute approximate surface area is 233 Å². The molecule has 1 fully saturated rings. The second-order valence-corrected chi connectivity index (χ2v) is 11.8. The van der Waals surface area contributed by atoms with Crippen molar-refractivity contribution in [3.8, 4) is 0 Å². The van der Waals surface area contributed by atoms with Crippen LogP contribution in [0, 0.1) is 19.8 Å². The van der Waals surface area contributed by atoms with Crippen LogP contribution in [0.1, 0.15) is 96.4 Å². The van der Waals surface area contributed by atoms with Gasteiger partial charge in [-0.15, -0.1) is 0 Å². The van der Waals surface area contributed by atoms with E-state index < -0.39 is 29.7 Å². The van der Waals surface area contributed by atoms with E-state index in [0.717, 1.165) is 36.0 Å². The van der Waals surface area contributed by atoms with Crippen molar-refractivity contribution in [3.63, 3.8) is 0 Å². The molecule has 218 valence electrons. The maximum Gasteiger partial charge on any atom is 0.408 e. The maximum atomic E-state index is 14.3. The van der Waals surface area contributed by atoms with E-state index in [0.29, 0.717) is 6.42 Å². The van der Waals surface area contributed by atoms with Crippen molar-refractivity contribution >= 4 is 23.9 Å². The zero-order valence-electron chi connectivity index (χ0n) is 24.9. The van der Waals surface area contributed by atoms with Gasteiger partial charge in [-0.25, -0.2) is 4.79 Å². The molecule has 3 amide bonds. The second kappa shape index (κ2) is 14.3. The number of aryl methyl sites for hydroxylation is 2. The van der Waals surface area contributed by atoms with Crippen LogP contribution in [0.4, 0.5) is 4.79 Å². The van der Waals surface area contributed by atoms with Crippen molar-refractivity contribution in [2.45, 2.75) is 111 Å². The average Bonchev–Trinajstić information content (AvgIpc) is 2.76. The quantitative estimate of drug-likeness (QED) is 0.367. The van der Waals surface area contributed by atoms with Crippen LogP contribution < -0.4 is 10.6 Å². The molecule has 0 bridgehead atoms. The number of nitrogens with one attached hydrogen (secondary N) is 2. The topological polar surface area (TPSA) is 114 Å². The molecular formula is C30H47N3O6. The lowest BCUT2D eigenvalue weighted by Crippen LogP contribution is -2.58. The molecule has 2 unspecified atom stereocenters. The molecule has 2 atom stereocenters. The highest BCUT2D eigenvalue weighted by molar-refractivity contribution is 5.92. The average molecular weight is 546 g/mol. The highest BCUT2D eigenvalue weighted by Crippen LogP contribution is 2.35. The van der Waals surface area contributed by atoms with Crippen molar-refractivity contribution in [1.82, 2.24) is 15.5 Å². The SMILES string of the molecule is CCOC(=O)CCNC(=O)C(c1ccc(C)cc1C)N(C(=O)C(CC(C)C)NC(=O)OC(C)(C)C)C1CCC1. The molecule has 1 saturated carbocycles. The highest BCUT2D eigenvalue weighted by Gasteiger charge is 2.42. The fourth-order valence-electron chi connectivity index (χ4n) is 4.67. The van der Waals surface area contributed by atoms with Gasteiger partial charge >= 0.3 is 12.1 Å². The predicted octanol–water partition coefficient (Wildman–Crippen LogP) is 4.73. The zero-order chi connectivity index (χ0) is 29.3. The van der Waals surface area contributed by atoms with Gasteiger partial charge < -0.3 is 25.0 Å². The molecular weight excluding hydrogens is 498 g/mol. The van der Waals surface area contributed by atoms with Gasteiger partial charge in [0.2, 0.25) is 11.8 Å². The van der Waals surface area contributed by atoms with Crippen LogP contribution in [-0.4, -0.2) is 59.6 Å². The number of alkyl carbamates (subject to hydrolysis) is 1. The Morgan fingerprint density at radius 1 is 1.10 bits per heavy atom. The van der Waals surface area contributed by atoms with E-state index in [9.17, 15) is 19.2 Å². The number of nitrogens with zero attached hydrogens (tertiary/aromatic N) is 1. The Morgan fingerprint density at radius 3 is 2.28 bits per heavy atom. The molecule has 9 heteroatoms. The Morgan fingerprint density at radius 2 is 1.77 bits per heavy atom. The first kappa shape index (κ1) is 32.1. The smallest absolute Gasteiger partial charge is 0.408 e. The summed E-state index contributed by atoms with van der Waals surface area (Å²) < 4.78 is 10.4. The largest absolute Gasteiger partial charge is 0.466 e. The number of carbonyl (C=O) groups is 4. The Hall–Kier alpha value is -3.10. The van der Waals surface area contributed by atoms with Crippen LogP contribution in [-0.2, 0) is 23.9 Å². The number of amides is 3. The van der Waals surface area contributed by atoms with Crippen LogP contribution in [0.2, 0.25) is 0 Å². The van der Waals surface area contributed by atoms with Crippen molar-refractivity contribution in [1.29, 1.82) is 0 Å². The summed E-state index contributed by atoms with van der Waals surface area (Å²) in [7, 11) is 0. The minimum atomic E-state index is -0.916. The Bertz CT molecular complexity index is 1010. The van der Waals surface area contributed by atoms with E-state index in [1.807, 2.05) is 45.9 Å². The van der Waals surface area contributed by atoms with Gasteiger partial charge in [0.05, 0.1) is 13.0 Å². The monoisotopic (exact) mass is 545 g/mol. The number of carbonyl (C=O) groups excluding carboxylic acids is 4. The minimum absolute atomic E-state index is 0.0345. The lowest BCUT2D eigenvalue weighted by molar-refractivity contribution is -0.148. The number of hydrogen-bond acceptors (Lipinski definition) is 6. The van der Waals surface area contributed by atoms with E-state index in [4.69, 9.17) is 9.47 Å². The highest BCUT2D eigenvalue weighted by atomic mass is 16.6. The Balaban J connectivity index is 2.46. The van der Waals surface area contributed by atoms with E-state index >= 15 is 0 Å². The van der Waals surface area contributed by atoms with E-state index in [-0.39, 0.29) is 43.3 Å². The third-order valence-electron chi connectivity index (χ3n) is 6.60. The number of esters is 1. The van der Waals surface area contributed by atoms with Gasteiger partial charge in [0, 0.05) is 12.6 Å². The van der Waals surface area contributed by atoms with Crippen LogP contribution >= 0.6 is 0 Å². The summed E-state index contributed by atoms with van der Waals surface area (Å²) in [5.74, 6) is -0.974. The van der Waals surface area contributed by atoms with Crippen LogP contribution in [0.15, 0.2) is 18.2 Å². The van der Waals surface area contributed by atoms with Crippen molar-refractivity contribution < 1.29 is 28.7 Å². The fourth-order valence-corrected chi connectivity index (χ4v) is 4.67. The van der Waals surface area contributed by atoms with Crippen LogP contribution in [0.5, 0.6) is 0 Å². The lowest BCUT2D eigenvalue weighted by Gasteiger charge is -2.44. The molecule has 0 aromatic heterocycles. The standard InChI is InChI=1S/C30H47N3O6/c1-9-38-25(34)15-16-31-27(35)26(23-14-13-20(4)18-21(23)5)33(22-11-10-12-22)28(36)24(17-19(2)3)32-29(37)39-30(6,7)8/h13-14,18-19,22,24,26H,9-12,15-17H2,1-8H3,(H,31,35)(H,32,37). The minimum Gasteiger partial charge on any atom is -0.466 e. The van der Waals surface area contributed by atoms with E-state index in [2.05, 4.69) is 10.6 Å². The molecule has 1 aromatic carbocycles. The molecule has 2 rings (SSSR count). The molecule has 1 aromatic rings. The van der Waals surface area contributed by atoms with Gasteiger partial charge in [-0.2, -0.15) is 0 Å².